The molecule has 0 aliphatic rings. The highest BCUT2D eigenvalue weighted by molar-refractivity contribution is 7.89. The number of aryl methyl sites for hydroxylation is 1. The minimum absolute atomic E-state index is 0.00553. The highest BCUT2D eigenvalue weighted by Crippen LogP contribution is 2.16. The summed E-state index contributed by atoms with van der Waals surface area (Å²) in [6.07, 6.45) is 5.29. The van der Waals surface area contributed by atoms with E-state index in [1.165, 1.54) is 31.4 Å². The summed E-state index contributed by atoms with van der Waals surface area (Å²) >= 11 is 0. The second-order valence-corrected chi connectivity index (χ2v) is 7.89. The van der Waals surface area contributed by atoms with Crippen molar-refractivity contribution in [3.63, 3.8) is 0 Å². The van der Waals surface area contributed by atoms with Gasteiger partial charge < -0.3 is 4.74 Å². The molecule has 0 bridgehead atoms. The Morgan fingerprint density at radius 2 is 2.00 bits per heavy atom. The number of hydrogen-bond donors (Lipinski definition) is 1. The summed E-state index contributed by atoms with van der Waals surface area (Å²) in [6.45, 7) is 7.53. The molecule has 1 aromatic rings. The number of unbranched alkanes of at least 4 members (excludes halogenated alkanes) is 1. The average molecular weight is 360 g/mol. The van der Waals surface area contributed by atoms with Crippen LogP contribution in [-0.4, -0.2) is 28.2 Å². The molecule has 0 aromatic heterocycles. The normalized spacial score (nSPS) is 13.2. The lowest BCUT2D eigenvalue weighted by Crippen LogP contribution is -2.26. The van der Waals surface area contributed by atoms with E-state index in [1.54, 1.807) is 6.92 Å². The van der Waals surface area contributed by atoms with Gasteiger partial charge in [0.15, 0.2) is 0 Å². The van der Waals surface area contributed by atoms with Gasteiger partial charge in [-0.15, -0.1) is 0 Å². The fourth-order valence-electron chi connectivity index (χ4n) is 2.47. The Morgan fingerprint density at radius 3 is 2.67 bits per heavy atom. The number of sulfonamides is 1. The molecular formula is C18H30FNO3S. The number of halogens is 1. The number of hydrogen-bond acceptors (Lipinski definition) is 3. The SMILES string of the molecule is CCCCC(CC)COCCCNS(=O)(=O)c1cc(F)ccc1C. The average Bonchev–Trinajstić information content (AvgIpc) is 2.55. The molecule has 0 heterocycles. The molecule has 0 spiro atoms. The zero-order chi connectivity index (χ0) is 18.0. The van der Waals surface area contributed by atoms with Crippen LogP contribution in [0.2, 0.25) is 0 Å². The smallest absolute Gasteiger partial charge is 0.240 e. The summed E-state index contributed by atoms with van der Waals surface area (Å²) < 4.78 is 45.8. The van der Waals surface area contributed by atoms with E-state index in [2.05, 4.69) is 18.6 Å². The number of rotatable bonds is 12. The largest absolute Gasteiger partial charge is 0.381 e. The van der Waals surface area contributed by atoms with Crippen molar-refractivity contribution in [3.8, 4) is 0 Å². The topological polar surface area (TPSA) is 55.4 Å². The third kappa shape index (κ3) is 7.28. The van der Waals surface area contributed by atoms with Gasteiger partial charge in [-0.3, -0.25) is 0 Å². The van der Waals surface area contributed by atoms with Gasteiger partial charge >= 0.3 is 0 Å². The van der Waals surface area contributed by atoms with Crippen molar-refractivity contribution < 1.29 is 17.5 Å². The third-order valence-corrected chi connectivity index (χ3v) is 5.70. The third-order valence-electron chi connectivity index (χ3n) is 4.09. The van der Waals surface area contributed by atoms with Crippen LogP contribution in [0.15, 0.2) is 23.1 Å². The van der Waals surface area contributed by atoms with E-state index in [0.29, 0.717) is 24.5 Å². The highest BCUT2D eigenvalue weighted by Gasteiger charge is 2.16. The van der Waals surface area contributed by atoms with Gasteiger partial charge in [0.25, 0.3) is 0 Å². The van der Waals surface area contributed by atoms with Crippen molar-refractivity contribution in [2.75, 3.05) is 19.8 Å². The van der Waals surface area contributed by atoms with Crippen LogP contribution in [0.3, 0.4) is 0 Å². The summed E-state index contributed by atoms with van der Waals surface area (Å²) in [6, 6.07) is 3.77. The van der Waals surface area contributed by atoms with E-state index in [-0.39, 0.29) is 11.4 Å². The minimum atomic E-state index is -3.68. The van der Waals surface area contributed by atoms with Crippen LogP contribution in [0, 0.1) is 18.7 Å². The summed E-state index contributed by atoms with van der Waals surface area (Å²) in [4.78, 5) is -0.00553. The Balaban J connectivity index is 2.33. The van der Waals surface area contributed by atoms with Gasteiger partial charge in [0.05, 0.1) is 4.90 Å². The summed E-state index contributed by atoms with van der Waals surface area (Å²) in [5.41, 5.74) is 0.530. The van der Waals surface area contributed by atoms with E-state index in [1.807, 2.05) is 0 Å². The molecule has 1 aromatic carbocycles. The molecule has 1 unspecified atom stereocenters. The maximum absolute atomic E-state index is 13.3. The second kappa shape index (κ2) is 10.8. The lowest BCUT2D eigenvalue weighted by molar-refractivity contribution is 0.0928. The fourth-order valence-corrected chi connectivity index (χ4v) is 3.80. The fraction of sp³-hybridized carbons (Fsp3) is 0.667. The Labute approximate surface area is 145 Å². The van der Waals surface area contributed by atoms with Crippen LogP contribution in [0.4, 0.5) is 4.39 Å². The van der Waals surface area contributed by atoms with Crippen LogP contribution < -0.4 is 4.72 Å². The van der Waals surface area contributed by atoms with Crippen LogP contribution in [0.1, 0.15) is 51.5 Å². The molecule has 0 aliphatic carbocycles. The van der Waals surface area contributed by atoms with Gasteiger partial charge in [0, 0.05) is 19.8 Å². The maximum atomic E-state index is 13.3. The van der Waals surface area contributed by atoms with Crippen molar-refractivity contribution in [2.45, 2.75) is 57.8 Å². The van der Waals surface area contributed by atoms with Crippen molar-refractivity contribution in [3.05, 3.63) is 29.6 Å². The lowest BCUT2D eigenvalue weighted by Gasteiger charge is -2.14. The van der Waals surface area contributed by atoms with Gasteiger partial charge in [0.2, 0.25) is 10.0 Å². The molecule has 1 N–H and O–H groups in total. The molecule has 0 radical (unpaired) electrons. The quantitative estimate of drug-likeness (QED) is 0.573. The minimum Gasteiger partial charge on any atom is -0.381 e. The molecule has 4 nitrogen and oxygen atoms in total. The molecule has 0 fully saturated rings. The van der Waals surface area contributed by atoms with Gasteiger partial charge in [-0.05, 0) is 43.4 Å². The molecule has 0 aliphatic heterocycles. The van der Waals surface area contributed by atoms with E-state index in [0.717, 1.165) is 19.1 Å². The molecule has 0 saturated heterocycles. The first kappa shape index (κ1) is 21.1. The van der Waals surface area contributed by atoms with Crippen LogP contribution >= 0.6 is 0 Å². The predicted octanol–water partition coefficient (Wildman–Crippen LogP) is 4.04. The molecule has 138 valence electrons. The highest BCUT2D eigenvalue weighted by atomic mass is 32.2. The van der Waals surface area contributed by atoms with Crippen molar-refractivity contribution in [2.24, 2.45) is 5.92 Å². The van der Waals surface area contributed by atoms with Gasteiger partial charge in [0.1, 0.15) is 5.82 Å². The molecule has 1 atom stereocenters. The molecule has 0 saturated carbocycles. The summed E-state index contributed by atoms with van der Waals surface area (Å²) in [5, 5.41) is 0. The van der Waals surface area contributed by atoms with Crippen molar-refractivity contribution in [1.29, 1.82) is 0 Å². The van der Waals surface area contributed by atoms with E-state index in [4.69, 9.17) is 4.74 Å². The van der Waals surface area contributed by atoms with Gasteiger partial charge in [-0.1, -0.05) is 39.2 Å². The maximum Gasteiger partial charge on any atom is 0.240 e. The number of benzene rings is 1. The number of nitrogens with one attached hydrogen (secondary N) is 1. The Bertz CT molecular complexity index is 590. The Morgan fingerprint density at radius 1 is 1.25 bits per heavy atom. The first-order valence-corrected chi connectivity index (χ1v) is 10.2. The first-order valence-electron chi connectivity index (χ1n) is 8.74. The molecular weight excluding hydrogens is 329 g/mol. The molecule has 6 heteroatoms. The van der Waals surface area contributed by atoms with E-state index in [9.17, 15) is 12.8 Å². The van der Waals surface area contributed by atoms with E-state index >= 15 is 0 Å². The van der Waals surface area contributed by atoms with Crippen LogP contribution in [0.25, 0.3) is 0 Å². The second-order valence-electron chi connectivity index (χ2n) is 6.15. The summed E-state index contributed by atoms with van der Waals surface area (Å²) in [7, 11) is -3.68. The zero-order valence-corrected chi connectivity index (χ0v) is 15.8. The Kier molecular flexibility index (Phi) is 9.48. The standard InChI is InChI=1S/C18H30FNO3S/c1-4-6-8-16(5-2)14-23-12-7-11-20-24(21,22)18-13-17(19)10-9-15(18)3/h9-10,13,16,20H,4-8,11-12,14H2,1-3H3. The van der Waals surface area contributed by atoms with E-state index < -0.39 is 15.8 Å². The number of ether oxygens (including phenoxy) is 1. The molecule has 1 rings (SSSR count). The Hall–Kier alpha value is -0.980. The monoisotopic (exact) mass is 359 g/mol. The molecule has 24 heavy (non-hydrogen) atoms. The zero-order valence-electron chi connectivity index (χ0n) is 15.0. The van der Waals surface area contributed by atoms with Crippen LogP contribution in [-0.2, 0) is 14.8 Å². The first-order chi connectivity index (χ1) is 11.4. The molecule has 0 amide bonds. The van der Waals surface area contributed by atoms with Gasteiger partial charge in [-0.25, -0.2) is 17.5 Å². The summed E-state index contributed by atoms with van der Waals surface area (Å²) in [5.74, 6) is 0.0265. The lowest BCUT2D eigenvalue weighted by atomic mass is 10.0. The van der Waals surface area contributed by atoms with Crippen molar-refractivity contribution >= 4 is 10.0 Å². The van der Waals surface area contributed by atoms with Crippen molar-refractivity contribution in [1.82, 2.24) is 4.72 Å². The predicted molar refractivity (Wildman–Crippen MR) is 95.1 cm³/mol. The van der Waals surface area contributed by atoms with Gasteiger partial charge in [-0.2, -0.15) is 0 Å². The van der Waals surface area contributed by atoms with Crippen LogP contribution in [0.5, 0.6) is 0 Å².